The van der Waals surface area contributed by atoms with Crippen LogP contribution in [0.4, 0.5) is 11.4 Å². The second-order valence-electron chi connectivity index (χ2n) is 33.4. The number of aromatic nitrogens is 3. The third kappa shape index (κ3) is 15.8. The normalized spacial score (nSPS) is 12.0. The second-order valence-corrected chi connectivity index (χ2v) is 34.3. The molecule has 1 saturated heterocycles. The third-order valence-corrected chi connectivity index (χ3v) is 26.5. The van der Waals surface area contributed by atoms with Gasteiger partial charge in [0.15, 0.2) is 0 Å². The van der Waals surface area contributed by atoms with Crippen molar-refractivity contribution in [3.8, 4) is 72.7 Å². The average Bonchev–Trinajstić information content (AvgIpc) is 1.14. The Balaban J connectivity index is 0.000000108. The monoisotopic (exact) mass is 1910 g/mol. The minimum atomic E-state index is -1.38. The Morgan fingerprint density at radius 2 is 0.626 bits per heavy atom. The summed E-state index contributed by atoms with van der Waals surface area (Å²) in [4.78, 5) is 0. The zero-order valence-corrected chi connectivity index (χ0v) is 76.1. The molecule has 8 nitrogen and oxygen atoms in total. The molecule has 0 unspecified atom stereocenters. The van der Waals surface area contributed by atoms with Gasteiger partial charge in [-0.05, 0) is 261 Å². The van der Waals surface area contributed by atoms with E-state index < -0.39 is 7.12 Å². The summed E-state index contributed by atoms with van der Waals surface area (Å²) in [5.74, 6) is 0. The molecule has 131 heavy (non-hydrogen) atoms. The van der Waals surface area contributed by atoms with Crippen LogP contribution in [0.3, 0.4) is 0 Å². The van der Waals surface area contributed by atoms with Crippen molar-refractivity contribution in [1.82, 2.24) is 13.7 Å². The number of anilines is 2. The molecule has 0 spiro atoms. The standard InChI is InChI=1S/C39H25N.C38H26N2.C28H19BrN2.C10H9BO2.C4H8O.Cu.HI/c1-2-11-28(12-3-1)40-37-16-7-6-14-32(37)36-23-26(18-22-38(36)40)30-20-21-34-31-19-17-25-9-4-5-13-29(25)35(31)24-27-10-8-15-33(30)39(27)34;39-35-15-8-14-33-30(20-21-31(38(33)35)27-18-17-25-9-4-5-10-26(25)23-27)28-19-22-37-34(24-28)32-13-6-7-16-36(32)40(37)29-11-2-1-3-12-29;29-24-15-14-20(22-10-6-11-25(30)28(22)24)18-13-16-27-23(17-18)21-9-4-5-12-26(21)31(27)19-7-2-1-3-8-19;12-11(13)10-6-5-8-3-1-2-4-9(8)7-10;1-2-4-5-3-1;;/h1-23H,24H2;1-24H,39H2;1-17H,30H2;1-7,12-13H;1-4H2;;1H/q;;;;;+1;/p-1. The van der Waals surface area contributed by atoms with Crippen LogP contribution >= 0.6 is 36.3 Å². The first-order valence-electron chi connectivity index (χ1n) is 44.2. The zero-order chi connectivity index (χ0) is 88.6. The Morgan fingerprint density at radius 3 is 1.11 bits per heavy atom. The van der Waals surface area contributed by atoms with Gasteiger partial charge in [0.05, 0.1) is 33.1 Å². The van der Waals surface area contributed by atoms with Crippen LogP contribution in [-0.4, -0.2) is 44.1 Å². The molecule has 4 heterocycles. The predicted octanol–water partition coefficient (Wildman–Crippen LogP) is 30.5. The maximum absolute atomic E-state index is 8.94. The first-order chi connectivity index (χ1) is 64.6. The molecular formula is C119H87BBrCuIN5O3. The van der Waals surface area contributed by atoms with Crippen LogP contribution < -0.4 is 16.9 Å². The van der Waals surface area contributed by atoms with Crippen molar-refractivity contribution in [2.45, 2.75) is 19.3 Å². The van der Waals surface area contributed by atoms with E-state index in [1.54, 1.807) is 32.5 Å². The fraction of sp³-hybridized carbons (Fsp3) is 0.0420. The molecule has 1 aliphatic heterocycles. The first-order valence-corrected chi connectivity index (χ1v) is 48.1. The van der Waals surface area contributed by atoms with Gasteiger partial charge in [-0.2, -0.15) is 0 Å². The molecule has 0 saturated carbocycles. The van der Waals surface area contributed by atoms with Gasteiger partial charge < -0.3 is 40.0 Å². The van der Waals surface area contributed by atoms with E-state index >= 15 is 0 Å². The number of para-hydroxylation sites is 6. The van der Waals surface area contributed by atoms with Gasteiger partial charge in [-0.3, -0.25) is 0 Å². The average molecular weight is 1920 g/mol. The SMILES string of the molecule is C1CCOC1.Nc1cccc2c(-c3ccc4c(c3)c3ccccc3n4-c3ccccc3)ccc(-c3ccc4ccccc4c3)c12.Nc1cccc2c(-c3ccc4c(c3)c3ccccc3n4-c3ccccc3)ccc(Br)c12.OB(O)c1ccc2ccccc2c1.[Cu][I].c1ccc(-n2c3ccccc3c3cc(-c4ccc5c6c(cccc46)Cc4c-5ccc5ccccc45)ccc32)cc1. The van der Waals surface area contributed by atoms with Gasteiger partial charge in [-0.1, -0.05) is 331 Å². The van der Waals surface area contributed by atoms with Gasteiger partial charge in [0.2, 0.25) is 0 Å². The van der Waals surface area contributed by atoms with Crippen molar-refractivity contribution in [2.24, 2.45) is 0 Å². The summed E-state index contributed by atoms with van der Waals surface area (Å²) < 4.78 is 13.0. The molecular weight excluding hydrogens is 1830 g/mol. The van der Waals surface area contributed by atoms with E-state index in [0.717, 1.165) is 73.4 Å². The third-order valence-electron chi connectivity index (χ3n) is 25.9. The summed E-state index contributed by atoms with van der Waals surface area (Å²) in [6.45, 7) is 2.00. The fourth-order valence-electron chi connectivity index (χ4n) is 19.9. The molecule has 0 radical (unpaired) electrons. The van der Waals surface area contributed by atoms with Crippen molar-refractivity contribution >= 4 is 190 Å². The molecule has 1 fully saturated rings. The predicted molar refractivity (Wildman–Crippen MR) is 564 cm³/mol. The van der Waals surface area contributed by atoms with Gasteiger partial charge in [-0.25, -0.2) is 0 Å². The van der Waals surface area contributed by atoms with E-state index in [0.29, 0.717) is 5.46 Å². The Bertz CT molecular complexity index is 8270. The Kier molecular flexibility index (Phi) is 23.5. The van der Waals surface area contributed by atoms with Crippen molar-refractivity contribution < 1.29 is 27.5 Å². The van der Waals surface area contributed by atoms with Crippen LogP contribution in [0.2, 0.25) is 0 Å². The quantitative estimate of drug-likeness (QED) is 0.0687. The van der Waals surface area contributed by atoms with Crippen LogP contribution in [-0.2, 0) is 23.9 Å². The summed E-state index contributed by atoms with van der Waals surface area (Å²) in [7, 11) is -1.38. The number of fused-ring (bicyclic) bond motifs is 17. The molecule has 0 amide bonds. The van der Waals surface area contributed by atoms with Crippen molar-refractivity contribution in [1.29, 1.82) is 0 Å². The number of hydrogen-bond acceptors (Lipinski definition) is 5. The van der Waals surface area contributed by atoms with Crippen LogP contribution in [0, 0.1) is 0 Å². The number of nitrogens with two attached hydrogens (primary N) is 2. The molecule has 1 aliphatic carbocycles. The molecule has 6 N–H and O–H groups in total. The van der Waals surface area contributed by atoms with E-state index in [4.69, 9.17) is 26.3 Å². The van der Waals surface area contributed by atoms with Gasteiger partial charge in [0.25, 0.3) is 0 Å². The van der Waals surface area contributed by atoms with E-state index in [-0.39, 0.29) is 0 Å². The maximum atomic E-state index is 8.94. The molecule has 24 aromatic rings. The molecule has 2 aliphatic rings. The van der Waals surface area contributed by atoms with Crippen molar-refractivity contribution in [3.63, 3.8) is 0 Å². The van der Waals surface area contributed by atoms with Gasteiger partial charge in [0.1, 0.15) is 0 Å². The van der Waals surface area contributed by atoms with Crippen LogP contribution in [0.5, 0.6) is 0 Å². The van der Waals surface area contributed by atoms with Crippen LogP contribution in [0.25, 0.3) is 203 Å². The number of nitrogens with zero attached hydrogens (tertiary/aromatic N) is 3. The summed E-state index contributed by atoms with van der Waals surface area (Å²) in [5.41, 5.74) is 41.1. The molecule has 21 aromatic carbocycles. The van der Waals surface area contributed by atoms with Gasteiger partial charge in [0, 0.05) is 89.2 Å². The van der Waals surface area contributed by atoms with Crippen molar-refractivity contribution in [3.05, 3.63) is 446 Å². The molecule has 3 aromatic heterocycles. The Hall–Kier alpha value is -14.1. The Morgan fingerprint density at radius 1 is 0.275 bits per heavy atom. The topological polar surface area (TPSA) is 117 Å². The molecule has 12 heteroatoms. The first kappa shape index (κ1) is 83.7. The maximum Gasteiger partial charge on any atom is 0.0541 e. The summed E-state index contributed by atoms with van der Waals surface area (Å²) in [5, 5.41) is 39.9. The number of halogens is 2. The molecule has 0 atom stereocenters. The minimum absolute atomic E-state index is 0.527. The molecule has 0 bridgehead atoms. The zero-order valence-electron chi connectivity index (χ0n) is 71.5. The number of rotatable bonds is 8. The summed E-state index contributed by atoms with van der Waals surface area (Å²) in [6, 6.07) is 153. The number of hydrogen-bond donors (Lipinski definition) is 4. The van der Waals surface area contributed by atoms with E-state index in [2.05, 4.69) is 412 Å². The number of nitrogen functional groups attached to an aromatic ring is 2. The summed E-state index contributed by atoms with van der Waals surface area (Å²) in [6.07, 6.45) is 3.52. The van der Waals surface area contributed by atoms with E-state index in [1.807, 2.05) is 48.5 Å². The van der Waals surface area contributed by atoms with Gasteiger partial charge >= 0.3 is 40.2 Å². The van der Waals surface area contributed by atoms with Crippen LogP contribution in [0.15, 0.2) is 435 Å². The smallest absolute Gasteiger partial charge is 0.0541 e. The largest absolute Gasteiger partial charge is 0.309 e. The Labute approximate surface area is 787 Å². The number of benzene rings is 21. The van der Waals surface area contributed by atoms with E-state index in [9.17, 15) is 0 Å². The van der Waals surface area contributed by atoms with Gasteiger partial charge in [-0.15, -0.1) is 0 Å². The fourth-order valence-corrected chi connectivity index (χ4v) is 20.4. The van der Waals surface area contributed by atoms with Crippen molar-refractivity contribution in [2.75, 3.05) is 24.7 Å². The molecule has 26 rings (SSSR count). The van der Waals surface area contributed by atoms with E-state index in [1.165, 1.54) is 189 Å². The molecule has 634 valence electrons. The van der Waals surface area contributed by atoms with Crippen LogP contribution in [0.1, 0.15) is 24.0 Å². The summed E-state index contributed by atoms with van der Waals surface area (Å²) >= 11 is 9.54. The second kappa shape index (κ2) is 36.8. The number of ether oxygens (including phenoxy) is 1. The minimum Gasteiger partial charge on any atom is -0.309 e.